The molecular formula is C17H24N2O3. The van der Waals surface area contributed by atoms with Crippen molar-refractivity contribution in [2.24, 2.45) is 11.7 Å². The Balaban J connectivity index is 2.08. The number of rotatable bonds is 4. The normalized spacial score (nSPS) is 24.6. The quantitative estimate of drug-likeness (QED) is 0.882. The summed E-state index contributed by atoms with van der Waals surface area (Å²) in [5.74, 6) is -0.798. The molecule has 0 radical (unpaired) electrons. The molecule has 0 spiro atoms. The van der Waals surface area contributed by atoms with Gasteiger partial charge in [-0.15, -0.1) is 0 Å². The minimum atomic E-state index is -1.22. The fraction of sp³-hybridized carbons (Fsp3) is 0.529. The van der Waals surface area contributed by atoms with Crippen molar-refractivity contribution in [2.75, 3.05) is 6.54 Å². The van der Waals surface area contributed by atoms with Gasteiger partial charge in [-0.1, -0.05) is 30.3 Å². The van der Waals surface area contributed by atoms with E-state index in [1.807, 2.05) is 25.1 Å². The fourth-order valence-electron chi connectivity index (χ4n) is 2.98. The van der Waals surface area contributed by atoms with Crippen molar-refractivity contribution in [3.05, 3.63) is 35.9 Å². The fourth-order valence-corrected chi connectivity index (χ4v) is 2.98. The van der Waals surface area contributed by atoms with Crippen molar-refractivity contribution >= 4 is 11.8 Å². The Kier molecular flexibility index (Phi) is 4.86. The third kappa shape index (κ3) is 3.65. The molecule has 0 bridgehead atoms. The van der Waals surface area contributed by atoms with Gasteiger partial charge in [0.25, 0.3) is 0 Å². The van der Waals surface area contributed by atoms with Gasteiger partial charge in [-0.2, -0.15) is 0 Å². The average molecular weight is 304 g/mol. The molecule has 1 aromatic rings. The van der Waals surface area contributed by atoms with Crippen LogP contribution in [0.5, 0.6) is 0 Å². The van der Waals surface area contributed by atoms with Crippen LogP contribution in [0.4, 0.5) is 0 Å². The lowest BCUT2D eigenvalue weighted by molar-refractivity contribution is -0.142. The first-order valence-corrected chi connectivity index (χ1v) is 7.68. The Bertz CT molecular complexity index is 542. The zero-order valence-electron chi connectivity index (χ0n) is 13.2. The monoisotopic (exact) mass is 304 g/mol. The molecule has 1 aromatic carbocycles. The van der Waals surface area contributed by atoms with Gasteiger partial charge in [0.2, 0.25) is 11.8 Å². The van der Waals surface area contributed by atoms with E-state index in [9.17, 15) is 14.7 Å². The third-order valence-corrected chi connectivity index (χ3v) is 4.50. The number of nitrogens with two attached hydrogens (primary N) is 1. The maximum atomic E-state index is 12.6. The summed E-state index contributed by atoms with van der Waals surface area (Å²) in [5, 5.41) is 10.6. The van der Waals surface area contributed by atoms with Crippen LogP contribution in [-0.4, -0.2) is 34.4 Å². The SMILES string of the molecule is CC1CCC(C(N)=O)CN1C(=O)CC(C)(O)c1ccccc1. The van der Waals surface area contributed by atoms with E-state index in [-0.39, 0.29) is 30.2 Å². The molecule has 3 atom stereocenters. The van der Waals surface area contributed by atoms with Gasteiger partial charge in [-0.3, -0.25) is 9.59 Å². The molecule has 0 aromatic heterocycles. The molecule has 1 fully saturated rings. The summed E-state index contributed by atoms with van der Waals surface area (Å²) in [4.78, 5) is 25.6. The molecule has 1 saturated heterocycles. The molecule has 2 rings (SSSR count). The first-order valence-electron chi connectivity index (χ1n) is 7.68. The minimum Gasteiger partial charge on any atom is -0.385 e. The summed E-state index contributed by atoms with van der Waals surface area (Å²) in [6.45, 7) is 3.95. The maximum absolute atomic E-state index is 12.6. The van der Waals surface area contributed by atoms with Gasteiger partial charge in [0, 0.05) is 12.6 Å². The van der Waals surface area contributed by atoms with Crippen LogP contribution >= 0.6 is 0 Å². The van der Waals surface area contributed by atoms with Crippen LogP contribution in [0.2, 0.25) is 0 Å². The van der Waals surface area contributed by atoms with E-state index in [0.717, 1.165) is 12.8 Å². The number of carbonyl (C=O) groups excluding carboxylic acids is 2. The highest BCUT2D eigenvalue weighted by Crippen LogP contribution is 2.28. The van der Waals surface area contributed by atoms with Crippen LogP contribution in [-0.2, 0) is 15.2 Å². The summed E-state index contributed by atoms with van der Waals surface area (Å²) in [6, 6.07) is 9.21. The highest BCUT2D eigenvalue weighted by molar-refractivity contribution is 5.81. The summed E-state index contributed by atoms with van der Waals surface area (Å²) < 4.78 is 0. The second kappa shape index (κ2) is 6.48. The Labute approximate surface area is 131 Å². The molecule has 3 unspecified atom stereocenters. The summed E-state index contributed by atoms with van der Waals surface area (Å²) in [5.41, 5.74) is 4.85. The molecule has 1 aliphatic rings. The molecular weight excluding hydrogens is 280 g/mol. The molecule has 120 valence electrons. The molecule has 0 aliphatic carbocycles. The highest BCUT2D eigenvalue weighted by Gasteiger charge is 2.35. The van der Waals surface area contributed by atoms with Gasteiger partial charge in [0.15, 0.2) is 0 Å². The lowest BCUT2D eigenvalue weighted by atomic mass is 9.89. The zero-order valence-corrected chi connectivity index (χ0v) is 13.2. The molecule has 22 heavy (non-hydrogen) atoms. The van der Waals surface area contributed by atoms with E-state index < -0.39 is 5.60 Å². The van der Waals surface area contributed by atoms with Crippen LogP contribution in [0, 0.1) is 5.92 Å². The number of benzene rings is 1. The molecule has 5 nitrogen and oxygen atoms in total. The predicted octanol–water partition coefficient (Wildman–Crippen LogP) is 1.40. The number of hydrogen-bond acceptors (Lipinski definition) is 3. The molecule has 2 amide bonds. The van der Waals surface area contributed by atoms with E-state index >= 15 is 0 Å². The molecule has 1 heterocycles. The number of aliphatic hydroxyl groups is 1. The Hall–Kier alpha value is -1.88. The Morgan fingerprint density at radius 2 is 1.95 bits per heavy atom. The smallest absolute Gasteiger partial charge is 0.226 e. The standard InChI is InChI=1S/C17H24N2O3/c1-12-8-9-13(16(18)21)11-19(12)15(20)10-17(2,22)14-6-4-3-5-7-14/h3-7,12-13,22H,8-11H2,1-2H3,(H2,18,21). The van der Waals surface area contributed by atoms with E-state index in [1.165, 1.54) is 0 Å². The van der Waals surface area contributed by atoms with Crippen molar-refractivity contribution in [1.82, 2.24) is 4.90 Å². The number of primary amides is 1. The first-order chi connectivity index (χ1) is 10.3. The first kappa shape index (κ1) is 16.5. The van der Waals surface area contributed by atoms with E-state index in [0.29, 0.717) is 12.1 Å². The van der Waals surface area contributed by atoms with E-state index in [4.69, 9.17) is 5.73 Å². The van der Waals surface area contributed by atoms with Crippen molar-refractivity contribution < 1.29 is 14.7 Å². The van der Waals surface area contributed by atoms with Crippen LogP contribution in [0.15, 0.2) is 30.3 Å². The number of nitrogens with zero attached hydrogens (tertiary/aromatic N) is 1. The second-order valence-corrected chi connectivity index (χ2v) is 6.39. The average Bonchev–Trinajstić information content (AvgIpc) is 2.47. The van der Waals surface area contributed by atoms with Gasteiger partial charge in [-0.05, 0) is 32.3 Å². The molecule has 0 saturated carbocycles. The van der Waals surface area contributed by atoms with Crippen molar-refractivity contribution in [3.63, 3.8) is 0 Å². The topological polar surface area (TPSA) is 83.6 Å². The lowest BCUT2D eigenvalue weighted by Gasteiger charge is -2.38. The maximum Gasteiger partial charge on any atom is 0.226 e. The van der Waals surface area contributed by atoms with E-state index in [1.54, 1.807) is 24.0 Å². The molecule has 3 N–H and O–H groups in total. The summed E-state index contributed by atoms with van der Waals surface area (Å²) in [6.07, 6.45) is 1.47. The minimum absolute atomic E-state index is 0.00711. The van der Waals surface area contributed by atoms with E-state index in [2.05, 4.69) is 0 Å². The number of piperidine rings is 1. The van der Waals surface area contributed by atoms with Crippen LogP contribution in [0.3, 0.4) is 0 Å². The van der Waals surface area contributed by atoms with Crippen molar-refractivity contribution in [1.29, 1.82) is 0 Å². The van der Waals surface area contributed by atoms with Gasteiger partial charge in [0.05, 0.1) is 17.9 Å². The Morgan fingerprint density at radius 3 is 2.55 bits per heavy atom. The summed E-state index contributed by atoms with van der Waals surface area (Å²) >= 11 is 0. The summed E-state index contributed by atoms with van der Waals surface area (Å²) in [7, 11) is 0. The molecule has 1 aliphatic heterocycles. The van der Waals surface area contributed by atoms with Crippen molar-refractivity contribution in [3.8, 4) is 0 Å². The van der Waals surface area contributed by atoms with Crippen LogP contribution in [0.1, 0.15) is 38.7 Å². The Morgan fingerprint density at radius 1 is 1.32 bits per heavy atom. The van der Waals surface area contributed by atoms with Crippen LogP contribution < -0.4 is 5.73 Å². The number of hydrogen-bond donors (Lipinski definition) is 2. The van der Waals surface area contributed by atoms with Crippen molar-refractivity contribution in [2.45, 2.75) is 44.8 Å². The lowest BCUT2D eigenvalue weighted by Crippen LogP contribution is -2.49. The third-order valence-electron chi connectivity index (χ3n) is 4.50. The van der Waals surface area contributed by atoms with Gasteiger partial charge in [0.1, 0.15) is 0 Å². The predicted molar refractivity (Wildman–Crippen MR) is 83.7 cm³/mol. The highest BCUT2D eigenvalue weighted by atomic mass is 16.3. The largest absolute Gasteiger partial charge is 0.385 e. The van der Waals surface area contributed by atoms with Gasteiger partial charge in [-0.25, -0.2) is 0 Å². The number of likely N-dealkylation sites (tertiary alicyclic amines) is 1. The van der Waals surface area contributed by atoms with Gasteiger partial charge < -0.3 is 15.7 Å². The van der Waals surface area contributed by atoms with Crippen LogP contribution in [0.25, 0.3) is 0 Å². The van der Waals surface area contributed by atoms with Gasteiger partial charge >= 0.3 is 0 Å². The zero-order chi connectivity index (χ0) is 16.3. The number of amides is 2. The molecule has 5 heteroatoms. The second-order valence-electron chi connectivity index (χ2n) is 6.39. The number of carbonyl (C=O) groups is 2.